The molecule has 0 fully saturated rings. The van der Waals surface area contributed by atoms with Gasteiger partial charge in [0.1, 0.15) is 5.50 Å². The van der Waals surface area contributed by atoms with Gasteiger partial charge in [-0.1, -0.05) is 6.08 Å². The fourth-order valence-electron chi connectivity index (χ4n) is 0.909. The van der Waals surface area contributed by atoms with Crippen LogP contribution in [-0.4, -0.2) is 43.3 Å². The molecule has 0 radical (unpaired) electrons. The number of rotatable bonds is 4. The molecule has 0 aliphatic carbocycles. The van der Waals surface area contributed by atoms with E-state index < -0.39 is 0 Å². The van der Waals surface area contributed by atoms with E-state index in [1.54, 1.807) is 0 Å². The van der Waals surface area contributed by atoms with Crippen molar-refractivity contribution in [3.8, 4) is 0 Å². The molecule has 2 N–H and O–H groups in total. The summed E-state index contributed by atoms with van der Waals surface area (Å²) in [4.78, 5) is 2.20. The lowest BCUT2D eigenvalue weighted by atomic mass is 10.5. The van der Waals surface area contributed by atoms with Crippen molar-refractivity contribution in [2.45, 2.75) is 5.50 Å². The minimum Gasteiger partial charge on any atom is -0.368 e. The second kappa shape index (κ2) is 9.93. The minimum atomic E-state index is 0. The summed E-state index contributed by atoms with van der Waals surface area (Å²) < 4.78 is 0. The van der Waals surface area contributed by atoms with Crippen LogP contribution < -0.4 is 10.6 Å². The summed E-state index contributed by atoms with van der Waals surface area (Å²) in [6.07, 6.45) is 4.10. The second-order valence-electron chi connectivity index (χ2n) is 3.03. The van der Waals surface area contributed by atoms with Crippen molar-refractivity contribution in [2.24, 2.45) is 0 Å². The van der Waals surface area contributed by atoms with Crippen LogP contribution in [-0.2, 0) is 0 Å². The van der Waals surface area contributed by atoms with Crippen LogP contribution in [0.25, 0.3) is 0 Å². The van der Waals surface area contributed by atoms with E-state index in [-0.39, 0.29) is 24.8 Å². The Kier molecular flexibility index (Phi) is 11.9. The van der Waals surface area contributed by atoms with Gasteiger partial charge in [0, 0.05) is 18.8 Å². The van der Waals surface area contributed by atoms with E-state index >= 15 is 0 Å². The van der Waals surface area contributed by atoms with Gasteiger partial charge in [0.05, 0.1) is 0 Å². The zero-order valence-corrected chi connectivity index (χ0v) is 11.0. The summed E-state index contributed by atoms with van der Waals surface area (Å²) in [5.74, 6) is 1.16. The first-order chi connectivity index (χ1) is 5.79. The van der Waals surface area contributed by atoms with Gasteiger partial charge < -0.3 is 10.2 Å². The molecule has 1 aliphatic rings. The van der Waals surface area contributed by atoms with Gasteiger partial charge in [0.2, 0.25) is 0 Å². The first-order valence-corrected chi connectivity index (χ1v) is 5.24. The average Bonchev–Trinajstić information content (AvgIpc) is 2.05. The van der Waals surface area contributed by atoms with Gasteiger partial charge in [-0.2, -0.15) is 0 Å². The van der Waals surface area contributed by atoms with E-state index in [9.17, 15) is 0 Å². The lowest BCUT2D eigenvalue weighted by Gasteiger charge is -2.21. The van der Waals surface area contributed by atoms with Crippen LogP contribution in [0.1, 0.15) is 0 Å². The number of hydrogen-bond donors (Lipinski definition) is 2. The molecule has 1 rings (SSSR count). The number of hydrogen-bond acceptors (Lipinski definition) is 4. The van der Waals surface area contributed by atoms with E-state index in [0.717, 1.165) is 18.8 Å². The molecule has 0 saturated heterocycles. The summed E-state index contributed by atoms with van der Waals surface area (Å²) in [7, 11) is 4.20. The summed E-state index contributed by atoms with van der Waals surface area (Å²) in [6, 6.07) is 0. The van der Waals surface area contributed by atoms with Gasteiger partial charge >= 0.3 is 0 Å². The van der Waals surface area contributed by atoms with Crippen molar-refractivity contribution < 1.29 is 0 Å². The van der Waals surface area contributed by atoms with Crippen LogP contribution in [0.4, 0.5) is 0 Å². The number of halogens is 2. The predicted molar refractivity (Wildman–Crippen MR) is 69.6 cm³/mol. The van der Waals surface area contributed by atoms with Crippen molar-refractivity contribution in [2.75, 3.05) is 32.9 Å². The zero-order valence-electron chi connectivity index (χ0n) is 8.53. The highest BCUT2D eigenvalue weighted by Crippen LogP contribution is 2.06. The largest absolute Gasteiger partial charge is 0.368 e. The van der Waals surface area contributed by atoms with E-state index in [0.29, 0.717) is 5.50 Å². The Bertz CT molecular complexity index is 156. The summed E-state index contributed by atoms with van der Waals surface area (Å²) in [5, 5.41) is 6.58. The topological polar surface area (TPSA) is 27.3 Å². The molecule has 3 nitrogen and oxygen atoms in total. The predicted octanol–water partition coefficient (Wildman–Crippen LogP) is 1.11. The molecule has 14 heavy (non-hydrogen) atoms. The Balaban J connectivity index is 0. The van der Waals surface area contributed by atoms with Crippen molar-refractivity contribution in [1.82, 2.24) is 15.5 Å². The Morgan fingerprint density at radius 2 is 2.14 bits per heavy atom. The molecule has 0 aromatic carbocycles. The zero-order chi connectivity index (χ0) is 8.81. The van der Waals surface area contributed by atoms with Gasteiger partial charge in [-0.05, 0) is 20.3 Å². The maximum absolute atomic E-state index is 3.34. The minimum absolute atomic E-state index is 0. The standard InChI is InChI=1S/C8H17N3S.2ClH/c1-11(2)6-7-12-8-9-4-3-5-10-8;;/h3-4,8-10H,5-7H2,1-2H3;2*1H. The van der Waals surface area contributed by atoms with Crippen LogP contribution in [0.15, 0.2) is 12.3 Å². The number of nitrogens with zero attached hydrogens (tertiary/aromatic N) is 1. The lowest BCUT2D eigenvalue weighted by Crippen LogP contribution is -2.40. The molecule has 0 bridgehead atoms. The highest BCUT2D eigenvalue weighted by atomic mass is 35.5. The maximum Gasteiger partial charge on any atom is 0.125 e. The van der Waals surface area contributed by atoms with Crippen molar-refractivity contribution in [3.63, 3.8) is 0 Å². The molecule has 1 heterocycles. The van der Waals surface area contributed by atoms with Gasteiger partial charge in [0.15, 0.2) is 0 Å². The molecule has 0 aromatic heterocycles. The average molecular weight is 260 g/mol. The normalized spacial score (nSPS) is 19.5. The van der Waals surface area contributed by atoms with Crippen LogP contribution in [0, 0.1) is 0 Å². The third-order valence-electron chi connectivity index (χ3n) is 1.61. The van der Waals surface area contributed by atoms with Gasteiger partial charge in [-0.3, -0.25) is 5.32 Å². The third-order valence-corrected chi connectivity index (χ3v) is 2.66. The van der Waals surface area contributed by atoms with Crippen LogP contribution >= 0.6 is 36.6 Å². The quantitative estimate of drug-likeness (QED) is 0.792. The van der Waals surface area contributed by atoms with E-state index in [1.807, 2.05) is 18.0 Å². The number of thioether (sulfide) groups is 1. The molecule has 1 aliphatic heterocycles. The van der Waals surface area contributed by atoms with Gasteiger partial charge in [-0.15, -0.1) is 36.6 Å². The molecular formula is C8H19Cl2N3S. The van der Waals surface area contributed by atoms with Gasteiger partial charge in [-0.25, -0.2) is 0 Å². The molecule has 0 aromatic rings. The van der Waals surface area contributed by atoms with Crippen molar-refractivity contribution in [3.05, 3.63) is 12.3 Å². The van der Waals surface area contributed by atoms with E-state index in [2.05, 4.69) is 35.7 Å². The summed E-state index contributed by atoms with van der Waals surface area (Å²) in [6.45, 7) is 2.11. The monoisotopic (exact) mass is 259 g/mol. The molecule has 0 amide bonds. The van der Waals surface area contributed by atoms with Crippen LogP contribution in [0.5, 0.6) is 0 Å². The fourth-order valence-corrected chi connectivity index (χ4v) is 2.00. The molecule has 0 saturated carbocycles. The maximum atomic E-state index is 3.34. The second-order valence-corrected chi connectivity index (χ2v) is 4.24. The third kappa shape index (κ3) is 7.76. The van der Waals surface area contributed by atoms with Crippen LogP contribution in [0.2, 0.25) is 0 Å². The molecule has 1 atom stereocenters. The van der Waals surface area contributed by atoms with Crippen molar-refractivity contribution in [1.29, 1.82) is 0 Å². The van der Waals surface area contributed by atoms with Crippen LogP contribution in [0.3, 0.4) is 0 Å². The SMILES string of the molecule is CN(C)CCSC1NC=CCN1.Cl.Cl. The molecule has 1 unspecified atom stereocenters. The van der Waals surface area contributed by atoms with Crippen molar-refractivity contribution >= 4 is 36.6 Å². The molecule has 86 valence electrons. The first-order valence-electron chi connectivity index (χ1n) is 4.20. The Labute approximate surface area is 103 Å². The lowest BCUT2D eigenvalue weighted by molar-refractivity contribution is 0.436. The Hall–Kier alpha value is 0.390. The van der Waals surface area contributed by atoms with Gasteiger partial charge in [0.25, 0.3) is 0 Å². The smallest absolute Gasteiger partial charge is 0.125 e. The fraction of sp³-hybridized carbons (Fsp3) is 0.750. The number of nitrogens with one attached hydrogen (secondary N) is 2. The summed E-state index contributed by atoms with van der Waals surface area (Å²) in [5.41, 5.74) is 0.398. The first kappa shape index (κ1) is 16.8. The Morgan fingerprint density at radius 1 is 1.43 bits per heavy atom. The molecule has 0 spiro atoms. The molecule has 6 heteroatoms. The van der Waals surface area contributed by atoms with E-state index in [4.69, 9.17) is 0 Å². The summed E-state index contributed by atoms with van der Waals surface area (Å²) >= 11 is 1.91. The molecular weight excluding hydrogens is 241 g/mol. The Morgan fingerprint density at radius 3 is 2.64 bits per heavy atom. The highest BCUT2D eigenvalue weighted by Gasteiger charge is 2.06. The highest BCUT2D eigenvalue weighted by molar-refractivity contribution is 7.99. The van der Waals surface area contributed by atoms with E-state index in [1.165, 1.54) is 0 Å².